The van der Waals surface area contributed by atoms with Crippen LogP contribution in [0, 0.1) is 0 Å². The van der Waals surface area contributed by atoms with Crippen LogP contribution >= 0.6 is 11.6 Å². The number of pyridine rings is 1. The van der Waals surface area contributed by atoms with Gasteiger partial charge in [0.05, 0.1) is 17.1 Å². The maximum absolute atomic E-state index is 11.0. The summed E-state index contributed by atoms with van der Waals surface area (Å²) in [5, 5.41) is 13.8. The van der Waals surface area contributed by atoms with E-state index in [2.05, 4.69) is 10.1 Å². The third kappa shape index (κ3) is 1.63. The molecule has 0 aliphatic rings. The smallest absolute Gasteiger partial charge is 0.336 e. The van der Waals surface area contributed by atoms with E-state index in [1.165, 1.54) is 12.3 Å². The first-order valence-corrected chi connectivity index (χ1v) is 5.15. The van der Waals surface area contributed by atoms with Gasteiger partial charge in [-0.2, -0.15) is 5.10 Å². The summed E-state index contributed by atoms with van der Waals surface area (Å²) in [6.07, 6.45) is 1.50. The predicted molar refractivity (Wildman–Crippen MR) is 59.9 cm³/mol. The maximum atomic E-state index is 11.0. The van der Waals surface area contributed by atoms with E-state index < -0.39 is 5.97 Å². The number of carboxylic acid groups (broad SMARTS) is 1. The highest BCUT2D eigenvalue weighted by Crippen LogP contribution is 2.22. The summed E-state index contributed by atoms with van der Waals surface area (Å²) >= 11 is 5.79. The second-order valence-electron chi connectivity index (χ2n) is 3.72. The van der Waals surface area contributed by atoms with E-state index in [0.29, 0.717) is 11.0 Å². The van der Waals surface area contributed by atoms with Gasteiger partial charge < -0.3 is 5.11 Å². The minimum Gasteiger partial charge on any atom is -0.478 e. The Kier molecular flexibility index (Phi) is 2.55. The topological polar surface area (TPSA) is 68.0 Å². The van der Waals surface area contributed by atoms with Gasteiger partial charge in [0.2, 0.25) is 0 Å². The molecule has 2 aromatic heterocycles. The Morgan fingerprint density at radius 1 is 1.56 bits per heavy atom. The van der Waals surface area contributed by atoms with Crippen LogP contribution in [0.25, 0.3) is 11.0 Å². The van der Waals surface area contributed by atoms with E-state index in [1.807, 2.05) is 13.8 Å². The van der Waals surface area contributed by atoms with Crippen LogP contribution in [0.5, 0.6) is 0 Å². The molecule has 0 radical (unpaired) electrons. The Balaban J connectivity index is 2.81. The van der Waals surface area contributed by atoms with Gasteiger partial charge in [-0.1, -0.05) is 11.6 Å². The lowest BCUT2D eigenvalue weighted by Gasteiger charge is -2.06. The molecule has 0 aliphatic heterocycles. The first-order valence-electron chi connectivity index (χ1n) is 4.77. The zero-order chi connectivity index (χ0) is 11.9. The number of carbonyl (C=O) groups is 1. The van der Waals surface area contributed by atoms with Gasteiger partial charge in [-0.05, 0) is 19.9 Å². The van der Waals surface area contributed by atoms with Gasteiger partial charge in [0.15, 0.2) is 5.65 Å². The zero-order valence-electron chi connectivity index (χ0n) is 8.81. The second-order valence-corrected chi connectivity index (χ2v) is 4.11. The normalized spacial score (nSPS) is 11.2. The first-order chi connectivity index (χ1) is 7.50. The summed E-state index contributed by atoms with van der Waals surface area (Å²) in [5.41, 5.74) is 0.627. The van der Waals surface area contributed by atoms with Gasteiger partial charge in [0.25, 0.3) is 0 Å². The second kappa shape index (κ2) is 3.75. The SMILES string of the molecule is CC(C)n1ncc2c(C(=O)O)cc(Cl)nc21. The minimum absolute atomic E-state index is 0.102. The molecule has 0 saturated carbocycles. The van der Waals surface area contributed by atoms with Crippen molar-refractivity contribution in [3.63, 3.8) is 0 Å². The maximum Gasteiger partial charge on any atom is 0.336 e. The number of hydrogen-bond acceptors (Lipinski definition) is 3. The van der Waals surface area contributed by atoms with Crippen LogP contribution < -0.4 is 0 Å². The fraction of sp³-hybridized carbons (Fsp3) is 0.300. The monoisotopic (exact) mass is 239 g/mol. The van der Waals surface area contributed by atoms with Crippen LogP contribution in [0.15, 0.2) is 12.3 Å². The molecule has 1 N–H and O–H groups in total. The summed E-state index contributed by atoms with van der Waals surface area (Å²) in [6, 6.07) is 1.43. The average Bonchev–Trinajstić information content (AvgIpc) is 2.59. The predicted octanol–water partition coefficient (Wildman–Crippen LogP) is 2.36. The summed E-state index contributed by atoms with van der Waals surface area (Å²) in [6.45, 7) is 3.88. The molecule has 2 heterocycles. The average molecular weight is 240 g/mol. The molecule has 0 amide bonds. The van der Waals surface area contributed by atoms with E-state index in [0.717, 1.165) is 0 Å². The molecule has 16 heavy (non-hydrogen) atoms. The van der Waals surface area contributed by atoms with Crippen molar-refractivity contribution in [1.29, 1.82) is 0 Å². The summed E-state index contributed by atoms with van der Waals surface area (Å²) < 4.78 is 1.65. The molecule has 84 valence electrons. The molecule has 0 unspecified atom stereocenters. The molecular weight excluding hydrogens is 230 g/mol. The Morgan fingerprint density at radius 2 is 2.25 bits per heavy atom. The van der Waals surface area contributed by atoms with Gasteiger partial charge >= 0.3 is 5.97 Å². The minimum atomic E-state index is -1.03. The van der Waals surface area contributed by atoms with Crippen molar-refractivity contribution < 1.29 is 9.90 Å². The van der Waals surface area contributed by atoms with Crippen molar-refractivity contribution in [2.45, 2.75) is 19.9 Å². The fourth-order valence-corrected chi connectivity index (χ4v) is 1.73. The summed E-state index contributed by atoms with van der Waals surface area (Å²) in [5.74, 6) is -1.03. The quantitative estimate of drug-likeness (QED) is 0.817. The number of fused-ring (bicyclic) bond motifs is 1. The van der Waals surface area contributed by atoms with Gasteiger partial charge in [-0.25, -0.2) is 14.5 Å². The van der Waals surface area contributed by atoms with Crippen molar-refractivity contribution in [3.8, 4) is 0 Å². The van der Waals surface area contributed by atoms with Gasteiger partial charge in [-0.15, -0.1) is 0 Å². The Hall–Kier alpha value is -1.62. The molecule has 0 spiro atoms. The van der Waals surface area contributed by atoms with E-state index in [4.69, 9.17) is 16.7 Å². The Labute approximate surface area is 96.7 Å². The third-order valence-corrected chi connectivity index (χ3v) is 2.45. The number of aromatic nitrogens is 3. The molecule has 6 heteroatoms. The summed E-state index contributed by atoms with van der Waals surface area (Å²) in [7, 11) is 0. The van der Waals surface area contributed by atoms with Crippen LogP contribution in [-0.4, -0.2) is 25.8 Å². The number of nitrogens with zero attached hydrogens (tertiary/aromatic N) is 3. The van der Waals surface area contributed by atoms with Crippen molar-refractivity contribution in [2.24, 2.45) is 0 Å². The van der Waals surface area contributed by atoms with Gasteiger partial charge in [0.1, 0.15) is 5.15 Å². The highest BCUT2D eigenvalue weighted by Gasteiger charge is 2.16. The van der Waals surface area contributed by atoms with Crippen molar-refractivity contribution >= 4 is 28.6 Å². The lowest BCUT2D eigenvalue weighted by atomic mass is 10.2. The van der Waals surface area contributed by atoms with Crippen LogP contribution in [0.2, 0.25) is 5.15 Å². The lowest BCUT2D eigenvalue weighted by Crippen LogP contribution is -2.04. The Bertz CT molecular complexity index is 562. The first kappa shape index (κ1) is 10.9. The number of carboxylic acids is 1. The number of rotatable bonds is 2. The summed E-state index contributed by atoms with van der Waals surface area (Å²) in [4.78, 5) is 15.1. The number of halogens is 1. The standard InChI is InChI=1S/C10H10ClN3O2/c1-5(2)14-9-7(4-12-14)6(10(15)16)3-8(11)13-9/h3-5H,1-2H3,(H,15,16). The van der Waals surface area contributed by atoms with Crippen LogP contribution in [-0.2, 0) is 0 Å². The van der Waals surface area contributed by atoms with Crippen LogP contribution in [0.4, 0.5) is 0 Å². The molecule has 2 aromatic rings. The van der Waals surface area contributed by atoms with E-state index in [1.54, 1.807) is 4.68 Å². The van der Waals surface area contributed by atoms with Crippen molar-refractivity contribution in [1.82, 2.24) is 14.8 Å². The van der Waals surface area contributed by atoms with E-state index in [9.17, 15) is 4.79 Å². The van der Waals surface area contributed by atoms with Crippen molar-refractivity contribution in [3.05, 3.63) is 23.0 Å². The lowest BCUT2D eigenvalue weighted by molar-refractivity contribution is 0.0699. The van der Waals surface area contributed by atoms with E-state index in [-0.39, 0.29) is 16.8 Å². The highest BCUT2D eigenvalue weighted by atomic mass is 35.5. The zero-order valence-corrected chi connectivity index (χ0v) is 9.56. The van der Waals surface area contributed by atoms with Crippen LogP contribution in [0.3, 0.4) is 0 Å². The third-order valence-electron chi connectivity index (χ3n) is 2.26. The highest BCUT2D eigenvalue weighted by molar-refractivity contribution is 6.30. The fourth-order valence-electron chi connectivity index (χ4n) is 1.54. The number of hydrogen-bond donors (Lipinski definition) is 1. The molecule has 0 aromatic carbocycles. The van der Waals surface area contributed by atoms with E-state index >= 15 is 0 Å². The molecule has 0 aliphatic carbocycles. The largest absolute Gasteiger partial charge is 0.478 e. The molecular formula is C10H10ClN3O2. The molecule has 5 nitrogen and oxygen atoms in total. The Morgan fingerprint density at radius 3 is 2.81 bits per heavy atom. The van der Waals surface area contributed by atoms with Crippen LogP contribution in [0.1, 0.15) is 30.2 Å². The number of aromatic carboxylic acids is 1. The molecule has 0 atom stereocenters. The van der Waals surface area contributed by atoms with Gasteiger partial charge in [0, 0.05) is 6.04 Å². The van der Waals surface area contributed by atoms with Gasteiger partial charge in [-0.3, -0.25) is 0 Å². The molecule has 2 rings (SSSR count). The molecule has 0 saturated heterocycles. The molecule has 0 fully saturated rings. The molecule has 0 bridgehead atoms. The van der Waals surface area contributed by atoms with Crippen molar-refractivity contribution in [2.75, 3.05) is 0 Å².